The third kappa shape index (κ3) is 1.62. The van der Waals surface area contributed by atoms with E-state index < -0.39 is 0 Å². The zero-order chi connectivity index (χ0) is 12.8. The molecule has 0 saturated heterocycles. The van der Waals surface area contributed by atoms with Crippen molar-refractivity contribution in [2.24, 2.45) is 0 Å². The Morgan fingerprint density at radius 3 is 3.00 bits per heavy atom. The molecule has 1 aromatic carbocycles. The Bertz CT molecular complexity index is 782. The standard InChI is InChI=1S/C14H9BrN2O2/c15-10-6-17-14-13(10)9(3-4-16-14)8-1-2-11-12(5-8)19-7-18-11/h1-6H,7H2,(H,16,17). The lowest BCUT2D eigenvalue weighted by molar-refractivity contribution is 0.174. The molecule has 0 fully saturated rings. The molecule has 0 saturated carbocycles. The highest BCUT2D eigenvalue weighted by Gasteiger charge is 2.16. The Kier molecular flexibility index (Phi) is 2.29. The molecule has 3 heterocycles. The van der Waals surface area contributed by atoms with Gasteiger partial charge in [0.05, 0.1) is 0 Å². The Hall–Kier alpha value is -2.01. The molecular formula is C14H9BrN2O2. The number of aromatic amines is 1. The fourth-order valence-electron chi connectivity index (χ4n) is 2.32. The van der Waals surface area contributed by atoms with E-state index in [0.29, 0.717) is 6.79 Å². The fraction of sp³-hybridized carbons (Fsp3) is 0.0714. The average Bonchev–Trinajstić information content (AvgIpc) is 3.05. The summed E-state index contributed by atoms with van der Waals surface area (Å²) in [6.07, 6.45) is 3.69. The maximum absolute atomic E-state index is 5.43. The van der Waals surface area contributed by atoms with E-state index in [2.05, 4.69) is 25.9 Å². The van der Waals surface area contributed by atoms with Gasteiger partial charge < -0.3 is 14.5 Å². The number of nitrogens with one attached hydrogen (secondary N) is 1. The summed E-state index contributed by atoms with van der Waals surface area (Å²) >= 11 is 3.55. The predicted molar refractivity (Wildman–Crippen MR) is 75.4 cm³/mol. The van der Waals surface area contributed by atoms with Gasteiger partial charge in [-0.05, 0) is 45.3 Å². The van der Waals surface area contributed by atoms with Crippen molar-refractivity contribution in [1.82, 2.24) is 9.97 Å². The first-order chi connectivity index (χ1) is 9.33. The molecule has 19 heavy (non-hydrogen) atoms. The van der Waals surface area contributed by atoms with Crippen LogP contribution in [0.25, 0.3) is 22.2 Å². The molecule has 3 aromatic rings. The van der Waals surface area contributed by atoms with Crippen molar-refractivity contribution in [3.63, 3.8) is 0 Å². The Morgan fingerprint density at radius 1 is 1.16 bits per heavy atom. The number of aromatic nitrogens is 2. The van der Waals surface area contributed by atoms with Crippen LogP contribution in [0.5, 0.6) is 11.5 Å². The van der Waals surface area contributed by atoms with Crippen molar-refractivity contribution in [3.8, 4) is 22.6 Å². The highest BCUT2D eigenvalue weighted by molar-refractivity contribution is 9.10. The van der Waals surface area contributed by atoms with E-state index in [1.807, 2.05) is 30.5 Å². The largest absolute Gasteiger partial charge is 0.454 e. The molecule has 94 valence electrons. The Labute approximate surface area is 117 Å². The lowest BCUT2D eigenvalue weighted by Gasteiger charge is -2.05. The first-order valence-corrected chi connectivity index (χ1v) is 6.64. The molecule has 1 aliphatic heterocycles. The number of ether oxygens (including phenoxy) is 2. The number of benzene rings is 1. The van der Waals surface area contributed by atoms with E-state index >= 15 is 0 Å². The molecule has 4 rings (SSSR count). The van der Waals surface area contributed by atoms with Crippen LogP contribution in [0.15, 0.2) is 41.1 Å². The van der Waals surface area contributed by atoms with Gasteiger partial charge in [0, 0.05) is 22.3 Å². The van der Waals surface area contributed by atoms with Crippen LogP contribution < -0.4 is 9.47 Å². The van der Waals surface area contributed by atoms with Crippen molar-refractivity contribution >= 4 is 27.0 Å². The Morgan fingerprint density at radius 2 is 2.05 bits per heavy atom. The van der Waals surface area contributed by atoms with E-state index in [9.17, 15) is 0 Å². The van der Waals surface area contributed by atoms with Crippen LogP contribution in [0.1, 0.15) is 0 Å². The van der Waals surface area contributed by atoms with Crippen LogP contribution in [-0.4, -0.2) is 16.8 Å². The van der Waals surface area contributed by atoms with E-state index in [1.165, 1.54) is 0 Å². The summed E-state index contributed by atoms with van der Waals surface area (Å²) in [7, 11) is 0. The number of hydrogen-bond donors (Lipinski definition) is 1. The van der Waals surface area contributed by atoms with Gasteiger partial charge in [-0.2, -0.15) is 0 Å². The minimum atomic E-state index is 0.290. The van der Waals surface area contributed by atoms with Gasteiger partial charge in [0.25, 0.3) is 0 Å². The third-order valence-electron chi connectivity index (χ3n) is 3.21. The quantitative estimate of drug-likeness (QED) is 0.744. The van der Waals surface area contributed by atoms with E-state index in [-0.39, 0.29) is 0 Å². The van der Waals surface area contributed by atoms with Crippen LogP contribution in [0.4, 0.5) is 0 Å². The molecule has 0 bridgehead atoms. The fourth-order valence-corrected chi connectivity index (χ4v) is 2.84. The van der Waals surface area contributed by atoms with Crippen molar-refractivity contribution in [3.05, 3.63) is 41.1 Å². The topological polar surface area (TPSA) is 47.1 Å². The van der Waals surface area contributed by atoms with Crippen molar-refractivity contribution < 1.29 is 9.47 Å². The summed E-state index contributed by atoms with van der Waals surface area (Å²) < 4.78 is 11.8. The molecule has 1 N–H and O–H groups in total. The summed E-state index contributed by atoms with van der Waals surface area (Å²) in [6, 6.07) is 7.96. The van der Waals surface area contributed by atoms with Gasteiger partial charge in [-0.3, -0.25) is 0 Å². The van der Waals surface area contributed by atoms with Crippen molar-refractivity contribution in [2.45, 2.75) is 0 Å². The molecule has 0 unspecified atom stereocenters. The summed E-state index contributed by atoms with van der Waals surface area (Å²) in [5, 5.41) is 1.07. The van der Waals surface area contributed by atoms with Gasteiger partial charge >= 0.3 is 0 Å². The SMILES string of the molecule is Brc1c[nH]c2nccc(-c3ccc4c(c3)OCO4)c12. The molecule has 5 heteroatoms. The van der Waals surface area contributed by atoms with Crippen LogP contribution in [0, 0.1) is 0 Å². The summed E-state index contributed by atoms with van der Waals surface area (Å²) in [5.74, 6) is 1.58. The maximum atomic E-state index is 5.43. The van der Waals surface area contributed by atoms with E-state index in [0.717, 1.165) is 38.1 Å². The number of halogens is 1. The van der Waals surface area contributed by atoms with Crippen LogP contribution >= 0.6 is 15.9 Å². The second-order valence-electron chi connectivity index (χ2n) is 4.29. The molecule has 0 amide bonds. The normalized spacial score (nSPS) is 13.1. The molecule has 0 aliphatic carbocycles. The van der Waals surface area contributed by atoms with Crippen LogP contribution in [0.2, 0.25) is 0 Å². The minimum absolute atomic E-state index is 0.290. The highest BCUT2D eigenvalue weighted by atomic mass is 79.9. The zero-order valence-corrected chi connectivity index (χ0v) is 11.4. The predicted octanol–water partition coefficient (Wildman–Crippen LogP) is 3.72. The maximum Gasteiger partial charge on any atom is 0.231 e. The summed E-state index contributed by atoms with van der Waals surface area (Å²) in [4.78, 5) is 7.46. The lowest BCUT2D eigenvalue weighted by atomic mass is 10.0. The number of nitrogens with zero attached hydrogens (tertiary/aromatic N) is 1. The van der Waals surface area contributed by atoms with E-state index in [4.69, 9.17) is 9.47 Å². The minimum Gasteiger partial charge on any atom is -0.454 e. The van der Waals surface area contributed by atoms with Gasteiger partial charge in [0.15, 0.2) is 11.5 Å². The lowest BCUT2D eigenvalue weighted by Crippen LogP contribution is -1.92. The second-order valence-corrected chi connectivity index (χ2v) is 5.14. The molecule has 4 nitrogen and oxygen atoms in total. The number of fused-ring (bicyclic) bond motifs is 2. The number of hydrogen-bond acceptors (Lipinski definition) is 3. The van der Waals surface area contributed by atoms with Crippen molar-refractivity contribution in [1.29, 1.82) is 0 Å². The molecule has 0 atom stereocenters. The second kappa shape index (κ2) is 3.99. The Balaban J connectivity index is 1.97. The molecule has 0 radical (unpaired) electrons. The monoisotopic (exact) mass is 316 g/mol. The number of pyridine rings is 1. The third-order valence-corrected chi connectivity index (χ3v) is 3.83. The average molecular weight is 317 g/mol. The van der Waals surface area contributed by atoms with Crippen LogP contribution in [0.3, 0.4) is 0 Å². The highest BCUT2D eigenvalue weighted by Crippen LogP contribution is 2.39. The van der Waals surface area contributed by atoms with Gasteiger partial charge in [0.2, 0.25) is 6.79 Å². The summed E-state index contributed by atoms with van der Waals surface area (Å²) in [6.45, 7) is 0.290. The molecule has 2 aromatic heterocycles. The molecule has 1 aliphatic rings. The van der Waals surface area contributed by atoms with Crippen LogP contribution in [-0.2, 0) is 0 Å². The smallest absolute Gasteiger partial charge is 0.231 e. The van der Waals surface area contributed by atoms with Gasteiger partial charge in [0.1, 0.15) is 5.65 Å². The molecule has 0 spiro atoms. The zero-order valence-electron chi connectivity index (χ0n) is 9.81. The summed E-state index contributed by atoms with van der Waals surface area (Å²) in [5.41, 5.74) is 3.05. The van der Waals surface area contributed by atoms with Gasteiger partial charge in [-0.15, -0.1) is 0 Å². The number of rotatable bonds is 1. The van der Waals surface area contributed by atoms with Crippen molar-refractivity contribution in [2.75, 3.05) is 6.79 Å². The molecular weight excluding hydrogens is 308 g/mol. The number of H-pyrrole nitrogens is 1. The van der Waals surface area contributed by atoms with Gasteiger partial charge in [-0.25, -0.2) is 4.98 Å². The van der Waals surface area contributed by atoms with E-state index in [1.54, 1.807) is 6.20 Å². The first-order valence-electron chi connectivity index (χ1n) is 5.84. The first kappa shape index (κ1) is 10.9. The van der Waals surface area contributed by atoms with Gasteiger partial charge in [-0.1, -0.05) is 6.07 Å².